The number of rotatable bonds is 12. The molecule has 0 saturated heterocycles. The summed E-state index contributed by atoms with van der Waals surface area (Å²) in [6.45, 7) is 0. The average molecular weight is 556 g/mol. The third kappa shape index (κ3) is 92.8. The molecule has 8 N–H and O–H groups in total. The number of carbonyl (C=O) groups is 8. The first kappa shape index (κ1) is 56.1. The number of nitrogens with two attached hydrogens (primary N) is 4. The van der Waals surface area contributed by atoms with Crippen molar-refractivity contribution < 1.29 is 177 Å². The number of primary amides is 4. The smallest absolute Gasteiger partial charge is 0.550 e. The minimum Gasteiger partial charge on any atom is -0.550 e. The number of amides is 4. The van der Waals surface area contributed by atoms with E-state index in [1.54, 1.807) is 0 Å². The molecule has 36 heavy (non-hydrogen) atoms. The van der Waals surface area contributed by atoms with Gasteiger partial charge in [0.15, 0.2) is 0 Å². The van der Waals surface area contributed by atoms with Crippen LogP contribution in [-0.2, 0) is 38.4 Å². The average Bonchev–Trinajstić information content (AvgIpc) is 2.63. The van der Waals surface area contributed by atoms with Crippen molar-refractivity contribution in [3.05, 3.63) is 0 Å². The van der Waals surface area contributed by atoms with Crippen molar-refractivity contribution in [2.24, 2.45) is 22.9 Å². The van der Waals surface area contributed by atoms with E-state index in [0.29, 0.717) is 0 Å². The van der Waals surface area contributed by atoms with Crippen LogP contribution in [0.5, 0.6) is 0 Å². The van der Waals surface area contributed by atoms with Gasteiger partial charge in [0, 0.05) is 49.6 Å². The first-order chi connectivity index (χ1) is 14.5. The summed E-state index contributed by atoms with van der Waals surface area (Å²) in [5.41, 5.74) is 18.4. The van der Waals surface area contributed by atoms with Gasteiger partial charge in [-0.1, -0.05) is 0 Å². The van der Waals surface area contributed by atoms with Crippen molar-refractivity contribution in [1.82, 2.24) is 0 Å². The molecule has 0 unspecified atom stereocenters. The molecule has 16 nitrogen and oxygen atoms in total. The zero-order chi connectivity index (χ0) is 26.3. The normalized spacial score (nSPS) is 7.56. The molecule has 0 radical (unpaired) electrons. The second kappa shape index (κ2) is 39.3. The molecule has 4 amide bonds. The predicted octanol–water partition coefficient (Wildman–Crippen LogP) is -20.0. The first-order valence-corrected chi connectivity index (χ1v) is 8.43. The van der Waals surface area contributed by atoms with E-state index in [9.17, 15) is 58.8 Å². The SMILES string of the molecule is NC(=O)CCC(=O)[O-].NC(=O)CCC(=O)[O-].NC(=O)CCC(=O)[O-].NC(=O)CCC(=O)[O-].[Na+].[Na+].[Na+].[Na+]. The summed E-state index contributed by atoms with van der Waals surface area (Å²) in [5, 5.41) is 38.3. The van der Waals surface area contributed by atoms with Crippen LogP contribution in [0.25, 0.3) is 0 Å². The van der Waals surface area contributed by atoms with E-state index < -0.39 is 47.5 Å². The number of carboxylic acid groups (broad SMARTS) is 4. The van der Waals surface area contributed by atoms with Gasteiger partial charge in [-0.3, -0.25) is 19.2 Å². The number of hydrogen-bond donors (Lipinski definition) is 4. The van der Waals surface area contributed by atoms with Crippen LogP contribution in [0, 0.1) is 0 Å². The zero-order valence-electron chi connectivity index (χ0n) is 20.9. The Kier molecular flexibility index (Phi) is 61.2. The van der Waals surface area contributed by atoms with Crippen LogP contribution in [0.3, 0.4) is 0 Å². The Morgan fingerprint density at radius 1 is 0.333 bits per heavy atom. The van der Waals surface area contributed by atoms with Crippen molar-refractivity contribution in [1.29, 1.82) is 0 Å². The summed E-state index contributed by atoms with van der Waals surface area (Å²) < 4.78 is 0. The maximum Gasteiger partial charge on any atom is 1.00 e. The third-order valence-corrected chi connectivity index (χ3v) is 2.30. The Hall–Kier alpha value is -0.240. The monoisotopic (exact) mass is 556 g/mol. The standard InChI is InChI=1S/4C4H7NO3.4Na/c4*5-3(6)1-2-4(7)8;;;;/h4*1-2H2,(H2,5,6)(H,7,8);;;;/q;;;;4*+1/p-4. The summed E-state index contributed by atoms with van der Waals surface area (Å²) in [4.78, 5) is 77.7. The number of aliphatic carboxylic acids is 4. The van der Waals surface area contributed by atoms with Gasteiger partial charge in [-0.25, -0.2) is 0 Å². The van der Waals surface area contributed by atoms with Gasteiger partial charge < -0.3 is 62.5 Å². The Balaban J connectivity index is -0.0000000467. The van der Waals surface area contributed by atoms with Crippen LogP contribution in [-0.4, -0.2) is 47.5 Å². The minimum absolute atomic E-state index is 0. The van der Waals surface area contributed by atoms with Crippen molar-refractivity contribution in [3.63, 3.8) is 0 Å². The topological polar surface area (TPSA) is 333 Å². The van der Waals surface area contributed by atoms with E-state index in [1.807, 2.05) is 0 Å². The molecule has 0 spiro atoms. The molecule has 0 heterocycles. The summed E-state index contributed by atoms with van der Waals surface area (Å²) in [6, 6.07) is 0. The predicted molar refractivity (Wildman–Crippen MR) is 93.7 cm³/mol. The van der Waals surface area contributed by atoms with E-state index in [0.717, 1.165) is 0 Å². The summed E-state index contributed by atoms with van der Waals surface area (Å²) in [5.74, 6) is -7.45. The Bertz CT molecular complexity index is 514. The molecule has 0 saturated carbocycles. The molecular formula is C16H24N4Na4O12. The van der Waals surface area contributed by atoms with Crippen LogP contribution in [0.1, 0.15) is 51.4 Å². The summed E-state index contributed by atoms with van der Waals surface area (Å²) in [6.07, 6.45) is -1.68. The van der Waals surface area contributed by atoms with Gasteiger partial charge >= 0.3 is 118 Å². The first-order valence-electron chi connectivity index (χ1n) is 8.43. The molecule has 0 aromatic heterocycles. The van der Waals surface area contributed by atoms with Gasteiger partial charge in [-0.05, 0) is 25.7 Å². The zero-order valence-corrected chi connectivity index (χ0v) is 28.9. The Morgan fingerprint density at radius 2 is 0.444 bits per heavy atom. The van der Waals surface area contributed by atoms with E-state index >= 15 is 0 Å². The number of carbonyl (C=O) groups excluding carboxylic acids is 8. The molecule has 0 fully saturated rings. The van der Waals surface area contributed by atoms with Gasteiger partial charge in [0.25, 0.3) is 0 Å². The van der Waals surface area contributed by atoms with Crippen molar-refractivity contribution in [2.75, 3.05) is 0 Å². The van der Waals surface area contributed by atoms with Gasteiger partial charge in [0.05, 0.1) is 0 Å². The van der Waals surface area contributed by atoms with Crippen LogP contribution in [0.15, 0.2) is 0 Å². The maximum absolute atomic E-state index is 9.83. The van der Waals surface area contributed by atoms with Gasteiger partial charge in [0.2, 0.25) is 23.6 Å². The van der Waals surface area contributed by atoms with E-state index in [1.165, 1.54) is 0 Å². The summed E-state index contributed by atoms with van der Waals surface area (Å²) in [7, 11) is 0. The minimum atomic E-state index is -1.25. The fourth-order valence-electron chi connectivity index (χ4n) is 0.901. The molecule has 20 heteroatoms. The van der Waals surface area contributed by atoms with Crippen LogP contribution < -0.4 is 162 Å². The molecule has 0 aliphatic heterocycles. The summed E-state index contributed by atoms with van der Waals surface area (Å²) >= 11 is 0. The van der Waals surface area contributed by atoms with Gasteiger partial charge in [-0.15, -0.1) is 0 Å². The second-order valence-corrected chi connectivity index (χ2v) is 5.35. The fourth-order valence-corrected chi connectivity index (χ4v) is 0.901. The molecule has 0 aromatic rings. The molecule has 0 aromatic carbocycles. The molecular weight excluding hydrogens is 532 g/mol. The van der Waals surface area contributed by atoms with E-state index in [-0.39, 0.29) is 170 Å². The van der Waals surface area contributed by atoms with Crippen molar-refractivity contribution in [3.8, 4) is 0 Å². The van der Waals surface area contributed by atoms with Crippen molar-refractivity contribution in [2.45, 2.75) is 51.4 Å². The van der Waals surface area contributed by atoms with Crippen molar-refractivity contribution >= 4 is 47.5 Å². The maximum atomic E-state index is 9.83. The third-order valence-electron chi connectivity index (χ3n) is 2.30. The van der Waals surface area contributed by atoms with Gasteiger partial charge in [-0.2, -0.15) is 0 Å². The molecule has 0 aliphatic rings. The van der Waals surface area contributed by atoms with Crippen LogP contribution >= 0.6 is 0 Å². The van der Waals surface area contributed by atoms with Crippen LogP contribution in [0.2, 0.25) is 0 Å². The van der Waals surface area contributed by atoms with E-state index in [4.69, 9.17) is 0 Å². The van der Waals surface area contributed by atoms with Gasteiger partial charge in [0.1, 0.15) is 0 Å². The molecule has 0 aliphatic carbocycles. The van der Waals surface area contributed by atoms with E-state index in [2.05, 4.69) is 22.9 Å². The molecule has 184 valence electrons. The second-order valence-electron chi connectivity index (χ2n) is 5.35. The Morgan fingerprint density at radius 3 is 0.472 bits per heavy atom. The molecule has 0 atom stereocenters. The molecule has 0 bridgehead atoms. The quantitative estimate of drug-likeness (QED) is 0.163. The molecule has 0 rings (SSSR count). The largest absolute Gasteiger partial charge is 1.00 e. The number of carboxylic acids is 4. The van der Waals surface area contributed by atoms with Crippen LogP contribution in [0.4, 0.5) is 0 Å². The number of hydrogen-bond acceptors (Lipinski definition) is 12. The Labute approximate surface area is 295 Å². The fraction of sp³-hybridized carbons (Fsp3) is 0.500.